The number of aromatic nitrogens is 4. The van der Waals surface area contributed by atoms with Crippen LogP contribution < -0.4 is 5.32 Å². The van der Waals surface area contributed by atoms with Gasteiger partial charge in [0.1, 0.15) is 11.3 Å². The van der Waals surface area contributed by atoms with Gasteiger partial charge >= 0.3 is 0 Å². The molecule has 0 unspecified atom stereocenters. The van der Waals surface area contributed by atoms with Crippen LogP contribution in [0, 0.1) is 11.4 Å². The third-order valence-corrected chi connectivity index (χ3v) is 4.50. The molecule has 0 spiro atoms. The summed E-state index contributed by atoms with van der Waals surface area (Å²) in [5, 5.41) is 2.84. The van der Waals surface area contributed by atoms with E-state index in [1.807, 2.05) is 45.0 Å². The molecule has 2 N–H and O–H groups in total. The number of amides is 1. The lowest BCUT2D eigenvalue weighted by atomic mass is 9.96. The molecule has 7 heteroatoms. The summed E-state index contributed by atoms with van der Waals surface area (Å²) in [6, 6.07) is 12.1. The Morgan fingerprint density at radius 3 is 2.62 bits per heavy atom. The van der Waals surface area contributed by atoms with E-state index >= 15 is 0 Å². The van der Waals surface area contributed by atoms with E-state index in [4.69, 9.17) is 0 Å². The summed E-state index contributed by atoms with van der Waals surface area (Å²) in [6.07, 6.45) is 3.30. The standard InChI is InChI=1S/C22H20FN5O/c1-22(2,3)21(29)28-17-12-13(9-11-25-17)19-18(14-6-4-5-10-24-14)20-15(26-19)7-8-16(23)27-20/h4-12,26H,1-3H3,(H,25,28,29). The highest BCUT2D eigenvalue weighted by molar-refractivity contribution is 6.01. The van der Waals surface area contributed by atoms with Crippen molar-refractivity contribution in [3.8, 4) is 22.5 Å². The third kappa shape index (κ3) is 3.71. The lowest BCUT2D eigenvalue weighted by Crippen LogP contribution is -2.28. The van der Waals surface area contributed by atoms with E-state index in [0.29, 0.717) is 28.1 Å². The summed E-state index contributed by atoms with van der Waals surface area (Å²) >= 11 is 0. The molecule has 0 aliphatic rings. The molecule has 0 saturated carbocycles. The zero-order valence-corrected chi connectivity index (χ0v) is 16.3. The highest BCUT2D eigenvalue weighted by Gasteiger charge is 2.22. The van der Waals surface area contributed by atoms with Crippen LogP contribution in [0.1, 0.15) is 20.8 Å². The molecule has 4 aromatic heterocycles. The van der Waals surface area contributed by atoms with Gasteiger partial charge in [0.2, 0.25) is 11.9 Å². The highest BCUT2D eigenvalue weighted by Crippen LogP contribution is 2.37. The van der Waals surface area contributed by atoms with Crippen molar-refractivity contribution in [1.29, 1.82) is 0 Å². The number of carbonyl (C=O) groups is 1. The van der Waals surface area contributed by atoms with Gasteiger partial charge in [-0.3, -0.25) is 9.78 Å². The number of hydrogen-bond acceptors (Lipinski definition) is 4. The Bertz CT molecular complexity index is 1200. The Morgan fingerprint density at radius 2 is 1.90 bits per heavy atom. The molecule has 4 aromatic rings. The second-order valence-electron chi connectivity index (χ2n) is 7.75. The van der Waals surface area contributed by atoms with Gasteiger partial charge in [0.15, 0.2) is 0 Å². The first kappa shape index (κ1) is 18.7. The lowest BCUT2D eigenvalue weighted by molar-refractivity contribution is -0.123. The second-order valence-corrected chi connectivity index (χ2v) is 7.75. The van der Waals surface area contributed by atoms with Gasteiger partial charge in [0.25, 0.3) is 0 Å². The predicted octanol–water partition coefficient (Wildman–Crippen LogP) is 4.81. The first-order valence-electron chi connectivity index (χ1n) is 9.20. The number of hydrogen-bond donors (Lipinski definition) is 2. The molecule has 4 rings (SSSR count). The van der Waals surface area contributed by atoms with Gasteiger partial charge < -0.3 is 10.3 Å². The SMILES string of the molecule is CC(C)(C)C(=O)Nc1cc(-c2[nH]c3ccc(F)nc3c2-c2ccccn2)ccn1. The van der Waals surface area contributed by atoms with Crippen LogP contribution in [0.25, 0.3) is 33.5 Å². The minimum atomic E-state index is -0.562. The van der Waals surface area contributed by atoms with Crippen molar-refractivity contribution in [1.82, 2.24) is 19.9 Å². The quantitative estimate of drug-likeness (QED) is 0.493. The molecule has 6 nitrogen and oxygen atoms in total. The Labute approximate surface area is 167 Å². The molecular weight excluding hydrogens is 369 g/mol. The summed E-state index contributed by atoms with van der Waals surface area (Å²) in [5.74, 6) is -0.257. The highest BCUT2D eigenvalue weighted by atomic mass is 19.1. The van der Waals surface area contributed by atoms with Crippen LogP contribution in [-0.2, 0) is 4.79 Å². The fraction of sp³-hybridized carbons (Fsp3) is 0.182. The Hall–Kier alpha value is -3.61. The van der Waals surface area contributed by atoms with E-state index < -0.39 is 11.4 Å². The molecule has 146 valence electrons. The van der Waals surface area contributed by atoms with Gasteiger partial charge in [0.05, 0.1) is 22.5 Å². The number of rotatable bonds is 3. The van der Waals surface area contributed by atoms with Gasteiger partial charge in [0, 0.05) is 23.4 Å². The van der Waals surface area contributed by atoms with E-state index in [1.165, 1.54) is 6.07 Å². The second kappa shape index (κ2) is 7.09. The molecular formula is C22H20FN5O. The normalized spacial score (nSPS) is 11.6. The summed E-state index contributed by atoms with van der Waals surface area (Å²) in [5.41, 5.74) is 3.52. The van der Waals surface area contributed by atoms with Crippen molar-refractivity contribution >= 4 is 22.8 Å². The number of pyridine rings is 3. The number of aromatic amines is 1. The Morgan fingerprint density at radius 1 is 1.07 bits per heavy atom. The summed E-state index contributed by atoms with van der Waals surface area (Å²) in [4.78, 5) is 28.4. The minimum absolute atomic E-state index is 0.132. The van der Waals surface area contributed by atoms with Crippen molar-refractivity contribution in [3.05, 3.63) is 60.8 Å². The molecule has 0 atom stereocenters. The van der Waals surface area contributed by atoms with Crippen LogP contribution in [0.5, 0.6) is 0 Å². The number of nitrogens with zero attached hydrogens (tertiary/aromatic N) is 3. The van der Waals surface area contributed by atoms with E-state index in [9.17, 15) is 9.18 Å². The Kier molecular flexibility index (Phi) is 4.58. The molecule has 0 aliphatic heterocycles. The van der Waals surface area contributed by atoms with Crippen molar-refractivity contribution in [2.24, 2.45) is 5.41 Å². The number of anilines is 1. The average Bonchev–Trinajstić information content (AvgIpc) is 3.07. The minimum Gasteiger partial charge on any atom is -0.353 e. The largest absolute Gasteiger partial charge is 0.353 e. The molecule has 0 fully saturated rings. The van der Waals surface area contributed by atoms with Crippen LogP contribution in [0.15, 0.2) is 54.9 Å². The monoisotopic (exact) mass is 389 g/mol. The van der Waals surface area contributed by atoms with Crippen molar-refractivity contribution in [2.75, 3.05) is 5.32 Å². The summed E-state index contributed by atoms with van der Waals surface area (Å²) in [6.45, 7) is 5.51. The van der Waals surface area contributed by atoms with E-state index in [0.717, 1.165) is 11.3 Å². The fourth-order valence-electron chi connectivity index (χ4n) is 2.98. The summed E-state index contributed by atoms with van der Waals surface area (Å²) in [7, 11) is 0. The molecule has 0 aromatic carbocycles. The van der Waals surface area contributed by atoms with Crippen molar-refractivity contribution in [2.45, 2.75) is 20.8 Å². The number of halogens is 1. The number of carbonyl (C=O) groups excluding carboxylic acids is 1. The average molecular weight is 389 g/mol. The van der Waals surface area contributed by atoms with Gasteiger partial charge in [-0.1, -0.05) is 26.8 Å². The number of H-pyrrole nitrogens is 1. The first-order valence-corrected chi connectivity index (χ1v) is 9.20. The maximum Gasteiger partial charge on any atom is 0.230 e. The zero-order chi connectivity index (χ0) is 20.6. The van der Waals surface area contributed by atoms with E-state index in [2.05, 4.69) is 25.3 Å². The smallest absolute Gasteiger partial charge is 0.230 e. The van der Waals surface area contributed by atoms with Gasteiger partial charge in [-0.2, -0.15) is 4.39 Å². The first-order chi connectivity index (χ1) is 13.8. The molecule has 4 heterocycles. The topological polar surface area (TPSA) is 83.6 Å². The van der Waals surface area contributed by atoms with E-state index in [-0.39, 0.29) is 5.91 Å². The molecule has 0 radical (unpaired) electrons. The van der Waals surface area contributed by atoms with Crippen LogP contribution >= 0.6 is 0 Å². The molecule has 0 saturated heterocycles. The molecule has 0 bridgehead atoms. The van der Waals surface area contributed by atoms with Gasteiger partial charge in [-0.15, -0.1) is 0 Å². The lowest BCUT2D eigenvalue weighted by Gasteiger charge is -2.17. The van der Waals surface area contributed by atoms with Crippen LogP contribution in [0.4, 0.5) is 10.2 Å². The van der Waals surface area contributed by atoms with E-state index in [1.54, 1.807) is 24.5 Å². The van der Waals surface area contributed by atoms with Crippen molar-refractivity contribution in [3.63, 3.8) is 0 Å². The van der Waals surface area contributed by atoms with Crippen LogP contribution in [0.2, 0.25) is 0 Å². The molecule has 1 amide bonds. The van der Waals surface area contributed by atoms with Crippen molar-refractivity contribution < 1.29 is 9.18 Å². The molecule has 0 aliphatic carbocycles. The zero-order valence-electron chi connectivity index (χ0n) is 16.3. The van der Waals surface area contributed by atoms with Gasteiger partial charge in [-0.25, -0.2) is 9.97 Å². The predicted molar refractivity (Wildman–Crippen MR) is 111 cm³/mol. The van der Waals surface area contributed by atoms with Gasteiger partial charge in [-0.05, 0) is 36.4 Å². The summed E-state index contributed by atoms with van der Waals surface area (Å²) < 4.78 is 13.9. The molecule has 29 heavy (non-hydrogen) atoms. The third-order valence-electron chi connectivity index (χ3n) is 4.50. The van der Waals surface area contributed by atoms with Crippen LogP contribution in [0.3, 0.4) is 0 Å². The maximum absolute atomic E-state index is 13.9. The fourth-order valence-corrected chi connectivity index (χ4v) is 2.98. The maximum atomic E-state index is 13.9. The van der Waals surface area contributed by atoms with Crippen LogP contribution in [-0.4, -0.2) is 25.8 Å². The Balaban J connectivity index is 1.87. The number of fused-ring (bicyclic) bond motifs is 1. The number of nitrogens with one attached hydrogen (secondary N) is 2.